The lowest BCUT2D eigenvalue weighted by Crippen LogP contribution is -2.21. The van der Waals surface area contributed by atoms with Gasteiger partial charge in [0.2, 0.25) is 0 Å². The molecular weight excluding hydrogens is 228 g/mol. The van der Waals surface area contributed by atoms with E-state index in [4.69, 9.17) is 5.73 Å². The molecule has 1 heterocycles. The second-order valence-corrected chi connectivity index (χ2v) is 4.77. The number of hydrogen-bond acceptors (Lipinski definition) is 4. The molecule has 1 aliphatic rings. The molecule has 1 saturated heterocycles. The summed E-state index contributed by atoms with van der Waals surface area (Å²) in [4.78, 5) is 13.7. The summed E-state index contributed by atoms with van der Waals surface area (Å²) in [5, 5.41) is 0. The van der Waals surface area contributed by atoms with Gasteiger partial charge in [0, 0.05) is 13.1 Å². The van der Waals surface area contributed by atoms with Crippen LogP contribution in [-0.2, 0) is 4.74 Å². The minimum atomic E-state index is -0.346. The maximum atomic E-state index is 11.4. The molecule has 0 aromatic heterocycles. The van der Waals surface area contributed by atoms with E-state index in [1.165, 1.54) is 20.0 Å². The van der Waals surface area contributed by atoms with Crippen LogP contribution in [0.1, 0.15) is 30.1 Å². The largest absolute Gasteiger partial charge is 0.465 e. The molecule has 18 heavy (non-hydrogen) atoms. The number of nitrogens with two attached hydrogens (primary N) is 1. The molecule has 98 valence electrons. The van der Waals surface area contributed by atoms with Crippen LogP contribution >= 0.6 is 0 Å². The van der Waals surface area contributed by atoms with E-state index in [-0.39, 0.29) is 5.97 Å². The van der Waals surface area contributed by atoms with E-state index in [1.807, 2.05) is 6.07 Å². The topological polar surface area (TPSA) is 55.6 Å². The number of hydrogen-bond donors (Lipinski definition) is 1. The summed E-state index contributed by atoms with van der Waals surface area (Å²) >= 11 is 0. The molecule has 1 aromatic rings. The van der Waals surface area contributed by atoms with Crippen LogP contribution in [0.5, 0.6) is 0 Å². The van der Waals surface area contributed by atoms with Gasteiger partial charge in [-0.2, -0.15) is 0 Å². The fraction of sp³-hybridized carbons (Fsp3) is 0.500. The lowest BCUT2D eigenvalue weighted by molar-refractivity contribution is 0.0601. The smallest absolute Gasteiger partial charge is 0.337 e. The number of rotatable bonds is 3. The molecule has 2 rings (SSSR count). The van der Waals surface area contributed by atoms with Crippen molar-refractivity contribution in [3.05, 3.63) is 23.8 Å². The summed E-state index contributed by atoms with van der Waals surface area (Å²) in [5.41, 5.74) is 8.21. The summed E-state index contributed by atoms with van der Waals surface area (Å²) < 4.78 is 4.68. The third kappa shape index (κ3) is 2.42. The molecule has 0 amide bonds. The minimum Gasteiger partial charge on any atom is -0.465 e. The van der Waals surface area contributed by atoms with Crippen molar-refractivity contribution in [1.82, 2.24) is 0 Å². The number of anilines is 2. The molecule has 0 radical (unpaired) electrons. The Balaban J connectivity index is 2.18. The van der Waals surface area contributed by atoms with Crippen LogP contribution in [0.3, 0.4) is 0 Å². The first-order valence-electron chi connectivity index (χ1n) is 6.38. The predicted octanol–water partition coefficient (Wildman–Crippen LogP) is 2.29. The molecule has 0 spiro atoms. The number of carbonyl (C=O) groups excluding carboxylic acids is 1. The molecule has 1 aliphatic heterocycles. The van der Waals surface area contributed by atoms with E-state index in [9.17, 15) is 4.79 Å². The van der Waals surface area contributed by atoms with Gasteiger partial charge in [-0.25, -0.2) is 4.79 Å². The van der Waals surface area contributed by atoms with Crippen LogP contribution in [0, 0.1) is 5.92 Å². The van der Waals surface area contributed by atoms with Crippen molar-refractivity contribution in [2.45, 2.75) is 19.8 Å². The van der Waals surface area contributed by atoms with Gasteiger partial charge in [0.25, 0.3) is 0 Å². The quantitative estimate of drug-likeness (QED) is 0.658. The van der Waals surface area contributed by atoms with Crippen LogP contribution in [0.2, 0.25) is 0 Å². The van der Waals surface area contributed by atoms with Gasteiger partial charge in [0.15, 0.2) is 0 Å². The first-order valence-corrected chi connectivity index (χ1v) is 6.38. The van der Waals surface area contributed by atoms with Crippen molar-refractivity contribution in [2.24, 2.45) is 5.92 Å². The van der Waals surface area contributed by atoms with Gasteiger partial charge in [0.05, 0.1) is 24.0 Å². The van der Waals surface area contributed by atoms with Crippen LogP contribution in [0.25, 0.3) is 0 Å². The summed E-state index contributed by atoms with van der Waals surface area (Å²) in [6, 6.07) is 5.39. The molecule has 1 aromatic carbocycles. The minimum absolute atomic E-state index is 0.346. The number of esters is 1. The molecule has 1 fully saturated rings. The first kappa shape index (κ1) is 12.7. The number of methoxy groups -OCH3 is 1. The van der Waals surface area contributed by atoms with Gasteiger partial charge in [-0.05, 0) is 30.5 Å². The Hall–Kier alpha value is -1.71. The molecule has 0 aliphatic carbocycles. The highest BCUT2D eigenvalue weighted by molar-refractivity contribution is 5.92. The van der Waals surface area contributed by atoms with E-state index in [0.29, 0.717) is 11.3 Å². The highest BCUT2D eigenvalue weighted by atomic mass is 16.5. The Morgan fingerprint density at radius 1 is 1.56 bits per heavy atom. The van der Waals surface area contributed by atoms with Crippen LogP contribution in [-0.4, -0.2) is 26.2 Å². The Morgan fingerprint density at radius 2 is 2.33 bits per heavy atom. The SMILES string of the molecule is CCC1CCN(c2ccc(C(=O)OC)cc2N)C1. The summed E-state index contributed by atoms with van der Waals surface area (Å²) in [6.07, 6.45) is 2.42. The van der Waals surface area contributed by atoms with Crippen molar-refractivity contribution in [1.29, 1.82) is 0 Å². The second-order valence-electron chi connectivity index (χ2n) is 4.77. The lowest BCUT2D eigenvalue weighted by atomic mass is 10.1. The normalized spacial score (nSPS) is 19.0. The zero-order valence-corrected chi connectivity index (χ0v) is 11.0. The van der Waals surface area contributed by atoms with Crippen LogP contribution in [0.15, 0.2) is 18.2 Å². The Morgan fingerprint density at radius 3 is 2.89 bits per heavy atom. The maximum absolute atomic E-state index is 11.4. The van der Waals surface area contributed by atoms with Gasteiger partial charge < -0.3 is 15.4 Å². The van der Waals surface area contributed by atoms with Crippen molar-refractivity contribution >= 4 is 17.3 Å². The van der Waals surface area contributed by atoms with Gasteiger partial charge in [0.1, 0.15) is 0 Å². The molecule has 2 N–H and O–H groups in total. The highest BCUT2D eigenvalue weighted by Gasteiger charge is 2.22. The average molecular weight is 248 g/mol. The van der Waals surface area contributed by atoms with E-state index >= 15 is 0 Å². The average Bonchev–Trinajstić information content (AvgIpc) is 2.86. The van der Waals surface area contributed by atoms with Crippen LogP contribution < -0.4 is 10.6 Å². The number of carbonyl (C=O) groups is 1. The first-order chi connectivity index (χ1) is 8.65. The molecular formula is C14H20N2O2. The summed E-state index contributed by atoms with van der Waals surface area (Å²) in [6.45, 7) is 4.32. The standard InChI is InChI=1S/C14H20N2O2/c1-3-10-6-7-16(9-10)13-5-4-11(8-12(13)15)14(17)18-2/h4-5,8,10H,3,6-7,9,15H2,1-2H3. The van der Waals surface area contributed by atoms with Gasteiger partial charge >= 0.3 is 5.97 Å². The molecule has 1 atom stereocenters. The van der Waals surface area contributed by atoms with Gasteiger partial charge in [-0.1, -0.05) is 13.3 Å². The van der Waals surface area contributed by atoms with E-state index < -0.39 is 0 Å². The Kier molecular flexibility index (Phi) is 3.75. The zero-order valence-electron chi connectivity index (χ0n) is 11.0. The van der Waals surface area contributed by atoms with Crippen LogP contribution in [0.4, 0.5) is 11.4 Å². The van der Waals surface area contributed by atoms with E-state index in [0.717, 1.165) is 24.7 Å². The number of nitrogen functional groups attached to an aromatic ring is 1. The molecule has 1 unspecified atom stereocenters. The van der Waals surface area contributed by atoms with Gasteiger partial charge in [-0.15, -0.1) is 0 Å². The van der Waals surface area contributed by atoms with Crippen molar-refractivity contribution in [2.75, 3.05) is 30.8 Å². The van der Waals surface area contributed by atoms with Gasteiger partial charge in [-0.3, -0.25) is 0 Å². The highest BCUT2D eigenvalue weighted by Crippen LogP contribution is 2.30. The predicted molar refractivity (Wildman–Crippen MR) is 72.8 cm³/mol. The molecule has 0 bridgehead atoms. The summed E-state index contributed by atoms with van der Waals surface area (Å²) in [5.74, 6) is 0.408. The van der Waals surface area contributed by atoms with E-state index in [1.54, 1.807) is 12.1 Å². The molecule has 0 saturated carbocycles. The maximum Gasteiger partial charge on any atom is 0.337 e. The zero-order chi connectivity index (χ0) is 13.1. The third-order valence-electron chi connectivity index (χ3n) is 3.65. The number of benzene rings is 1. The molecule has 4 nitrogen and oxygen atoms in total. The Bertz CT molecular complexity index is 445. The lowest BCUT2D eigenvalue weighted by Gasteiger charge is -2.20. The third-order valence-corrected chi connectivity index (χ3v) is 3.65. The van der Waals surface area contributed by atoms with Crippen molar-refractivity contribution in [3.8, 4) is 0 Å². The number of nitrogens with zero attached hydrogens (tertiary/aromatic N) is 1. The fourth-order valence-corrected chi connectivity index (χ4v) is 2.47. The molecule has 4 heteroatoms. The second kappa shape index (κ2) is 5.29. The number of ether oxygens (including phenoxy) is 1. The summed E-state index contributed by atoms with van der Waals surface area (Å²) in [7, 11) is 1.37. The van der Waals surface area contributed by atoms with Crippen molar-refractivity contribution in [3.63, 3.8) is 0 Å². The van der Waals surface area contributed by atoms with E-state index in [2.05, 4.69) is 16.6 Å². The fourth-order valence-electron chi connectivity index (χ4n) is 2.47. The Labute approximate surface area is 108 Å². The monoisotopic (exact) mass is 248 g/mol. The van der Waals surface area contributed by atoms with Crippen molar-refractivity contribution < 1.29 is 9.53 Å².